The summed E-state index contributed by atoms with van der Waals surface area (Å²) in [6.07, 6.45) is 3.27. The number of aromatic carboxylic acids is 1. The number of carboxylic acids is 1. The van der Waals surface area contributed by atoms with Crippen molar-refractivity contribution in [1.82, 2.24) is 0 Å². The Labute approximate surface area is 172 Å². The van der Waals surface area contributed by atoms with Gasteiger partial charge in [0.05, 0.1) is 18.8 Å². The molecule has 0 saturated carbocycles. The summed E-state index contributed by atoms with van der Waals surface area (Å²) in [7, 11) is -0.0427. The zero-order valence-corrected chi connectivity index (χ0v) is 17.6. The normalized spacial score (nSPS) is 11.4. The highest BCUT2D eigenvalue weighted by atomic mass is 31.1. The van der Waals surface area contributed by atoms with Crippen molar-refractivity contribution in [1.29, 1.82) is 0 Å². The van der Waals surface area contributed by atoms with Gasteiger partial charge < -0.3 is 14.6 Å². The minimum Gasteiger partial charge on any atom is -0.478 e. The maximum atomic E-state index is 12.0. The van der Waals surface area contributed by atoms with E-state index in [1.165, 1.54) is 0 Å². The Morgan fingerprint density at radius 3 is 2.45 bits per heavy atom. The van der Waals surface area contributed by atoms with Crippen LogP contribution < -0.4 is 0 Å². The largest absolute Gasteiger partial charge is 0.508 e. The van der Waals surface area contributed by atoms with Gasteiger partial charge in [-0.2, -0.15) is 0 Å². The van der Waals surface area contributed by atoms with Crippen LogP contribution in [0, 0.1) is 0 Å². The maximum Gasteiger partial charge on any atom is 0.508 e. The molecule has 0 spiro atoms. The van der Waals surface area contributed by atoms with Gasteiger partial charge in [0.15, 0.2) is 6.16 Å². The quantitative estimate of drug-likeness (QED) is 0.337. The number of hydrogen-bond acceptors (Lipinski definition) is 5. The highest BCUT2D eigenvalue weighted by molar-refractivity contribution is 7.39. The first-order chi connectivity index (χ1) is 14.1. The number of rotatable bonds is 14. The van der Waals surface area contributed by atoms with Gasteiger partial charge in [0, 0.05) is 13.7 Å². The van der Waals surface area contributed by atoms with Crippen molar-refractivity contribution in [3.63, 3.8) is 0 Å². The zero-order chi connectivity index (χ0) is 20.9. The highest BCUT2D eigenvalue weighted by Gasteiger charge is 2.17. The molecule has 0 radical (unpaired) electrons. The lowest BCUT2D eigenvalue weighted by Gasteiger charge is -2.06. The highest BCUT2D eigenvalue weighted by Crippen LogP contribution is 2.28. The lowest BCUT2D eigenvalue weighted by molar-refractivity contribution is 0.0687. The molecule has 0 aliphatic rings. The summed E-state index contributed by atoms with van der Waals surface area (Å²) in [5.74, 6) is -0.952. The molecule has 0 aliphatic heterocycles. The summed E-state index contributed by atoms with van der Waals surface area (Å²) >= 11 is 0. The lowest BCUT2D eigenvalue weighted by atomic mass is 9.99. The van der Waals surface area contributed by atoms with Crippen LogP contribution >= 0.6 is 8.03 Å². The molecule has 1 atom stereocenters. The van der Waals surface area contributed by atoms with E-state index in [-0.39, 0.29) is 12.2 Å². The van der Waals surface area contributed by atoms with Gasteiger partial charge >= 0.3 is 14.0 Å². The summed E-state index contributed by atoms with van der Waals surface area (Å²) in [5, 5.41) is 9.32. The van der Waals surface area contributed by atoms with Crippen LogP contribution in [0.15, 0.2) is 48.5 Å². The van der Waals surface area contributed by atoms with Crippen LogP contribution in [-0.4, -0.2) is 44.2 Å². The fourth-order valence-electron chi connectivity index (χ4n) is 2.78. The number of unbranched alkanes of at least 4 members (excludes halogenated alkanes) is 2. The van der Waals surface area contributed by atoms with Gasteiger partial charge in [0.1, 0.15) is 6.61 Å². The Hall–Kier alpha value is -2.11. The molecule has 0 aromatic heterocycles. The maximum absolute atomic E-state index is 12.0. The molecule has 0 saturated heterocycles. The summed E-state index contributed by atoms with van der Waals surface area (Å²) in [4.78, 5) is 11.4. The third-order valence-corrected chi connectivity index (χ3v) is 5.46. The first-order valence-electron chi connectivity index (χ1n) is 9.67. The molecule has 0 amide bonds. The van der Waals surface area contributed by atoms with Crippen molar-refractivity contribution in [3.8, 4) is 11.1 Å². The molecule has 1 N–H and O–H groups in total. The van der Waals surface area contributed by atoms with Crippen molar-refractivity contribution in [2.75, 3.05) is 33.1 Å². The van der Waals surface area contributed by atoms with Crippen LogP contribution in [0.3, 0.4) is 0 Å². The van der Waals surface area contributed by atoms with E-state index in [0.717, 1.165) is 30.4 Å². The van der Waals surface area contributed by atoms with E-state index in [0.29, 0.717) is 31.5 Å². The fraction of sp³-hybridized carbons (Fsp3) is 0.409. The summed E-state index contributed by atoms with van der Waals surface area (Å²) in [6.45, 7) is 2.18. The Bertz CT molecular complexity index is 775. The number of ether oxygens (including phenoxy) is 2. The third-order valence-electron chi connectivity index (χ3n) is 4.36. The summed E-state index contributed by atoms with van der Waals surface area (Å²) in [5.41, 5.74) is 2.66. The molecule has 6 nitrogen and oxygen atoms in total. The first-order valence-corrected chi connectivity index (χ1v) is 11.0. The van der Waals surface area contributed by atoms with Crippen molar-refractivity contribution in [3.05, 3.63) is 59.7 Å². The molecule has 29 heavy (non-hydrogen) atoms. The van der Waals surface area contributed by atoms with Crippen LogP contribution in [0.4, 0.5) is 0 Å². The van der Waals surface area contributed by atoms with Crippen LogP contribution in [0.5, 0.6) is 0 Å². The van der Waals surface area contributed by atoms with Crippen molar-refractivity contribution >= 4 is 14.0 Å². The van der Waals surface area contributed by atoms with Gasteiger partial charge in [-0.1, -0.05) is 42.5 Å². The predicted molar refractivity (Wildman–Crippen MR) is 113 cm³/mol. The number of carbonyl (C=O) groups is 1. The molecule has 156 valence electrons. The second-order valence-electron chi connectivity index (χ2n) is 6.54. The fourth-order valence-corrected chi connectivity index (χ4v) is 3.68. The molecule has 7 heteroatoms. The number of hydrogen-bond donors (Lipinski definition) is 1. The van der Waals surface area contributed by atoms with E-state index in [1.54, 1.807) is 25.3 Å². The first kappa shape index (κ1) is 23.2. The molecule has 0 fully saturated rings. The summed E-state index contributed by atoms with van der Waals surface area (Å²) < 4.78 is 27.8. The smallest absolute Gasteiger partial charge is 0.478 e. The van der Waals surface area contributed by atoms with Crippen LogP contribution in [0.1, 0.15) is 35.2 Å². The minimum atomic E-state index is -1.69. The van der Waals surface area contributed by atoms with Gasteiger partial charge in [-0.15, -0.1) is 4.52 Å². The number of methoxy groups -OCH3 is 1. The third kappa shape index (κ3) is 8.42. The van der Waals surface area contributed by atoms with E-state index in [1.807, 2.05) is 30.3 Å². The Morgan fingerprint density at radius 2 is 1.72 bits per heavy atom. The molecule has 0 heterocycles. The lowest BCUT2D eigenvalue weighted by Crippen LogP contribution is -2.02. The summed E-state index contributed by atoms with van der Waals surface area (Å²) in [6, 6.07) is 14.4. The molecule has 2 aromatic carbocycles. The van der Waals surface area contributed by atoms with Crippen molar-refractivity contribution < 1.29 is 28.5 Å². The molecule has 1 unspecified atom stereocenters. The molecule has 0 aliphatic carbocycles. The molecular formula is C22H28O6P+. The van der Waals surface area contributed by atoms with Gasteiger partial charge in [-0.05, 0) is 46.6 Å². The Balaban J connectivity index is 1.71. The predicted octanol–water partition coefficient (Wildman–Crippen LogP) is 5.14. The minimum absolute atomic E-state index is 0.267. The molecule has 2 rings (SSSR count). The van der Waals surface area contributed by atoms with Gasteiger partial charge in [0.2, 0.25) is 0 Å². The molecular weight excluding hydrogens is 391 g/mol. The van der Waals surface area contributed by atoms with Gasteiger partial charge in [-0.3, -0.25) is 0 Å². The number of carboxylic acid groups (broad SMARTS) is 1. The monoisotopic (exact) mass is 419 g/mol. The SMILES string of the molecule is COCCOCCCCC[P+](=O)OCc1ccc(-c2ccccc2C(=O)O)cc1. The number of benzene rings is 2. The topological polar surface area (TPSA) is 82.1 Å². The van der Waals surface area contributed by atoms with E-state index in [4.69, 9.17) is 14.0 Å². The molecule has 0 bridgehead atoms. The average molecular weight is 419 g/mol. The van der Waals surface area contributed by atoms with E-state index in [2.05, 4.69) is 0 Å². The van der Waals surface area contributed by atoms with E-state index < -0.39 is 14.0 Å². The van der Waals surface area contributed by atoms with Gasteiger partial charge in [-0.25, -0.2) is 4.79 Å². The Kier molecular flexibility index (Phi) is 10.5. The average Bonchev–Trinajstić information content (AvgIpc) is 2.74. The van der Waals surface area contributed by atoms with Crippen molar-refractivity contribution in [2.24, 2.45) is 0 Å². The second kappa shape index (κ2) is 13.2. The Morgan fingerprint density at radius 1 is 0.966 bits per heavy atom. The van der Waals surface area contributed by atoms with E-state index in [9.17, 15) is 14.5 Å². The van der Waals surface area contributed by atoms with Crippen LogP contribution in [0.25, 0.3) is 11.1 Å². The zero-order valence-electron chi connectivity index (χ0n) is 16.7. The van der Waals surface area contributed by atoms with E-state index >= 15 is 0 Å². The standard InChI is InChI=1S/C22H27O6P/c1-26-14-15-27-13-5-2-6-16-29(25)28-17-18-9-11-19(12-10-18)20-7-3-4-8-21(20)22(23)24/h3-4,7-12H,2,5-6,13-17H2,1H3/p+1. The molecule has 2 aromatic rings. The van der Waals surface area contributed by atoms with Gasteiger partial charge in [0.25, 0.3) is 0 Å². The van der Waals surface area contributed by atoms with Crippen LogP contribution in [0.2, 0.25) is 0 Å². The van der Waals surface area contributed by atoms with Crippen molar-refractivity contribution in [2.45, 2.75) is 25.9 Å². The van der Waals surface area contributed by atoms with Crippen LogP contribution in [-0.2, 0) is 25.2 Å². The second-order valence-corrected chi connectivity index (χ2v) is 7.91.